The van der Waals surface area contributed by atoms with Crippen LogP contribution in [0, 0.1) is 3.57 Å². The molecule has 0 radical (unpaired) electrons. The molecule has 0 N–H and O–H groups in total. The zero-order chi connectivity index (χ0) is 19.3. The number of benzene rings is 3. The van der Waals surface area contributed by atoms with Gasteiger partial charge in [-0.25, -0.2) is 9.79 Å². The Morgan fingerprint density at radius 2 is 1.75 bits per heavy atom. The summed E-state index contributed by atoms with van der Waals surface area (Å²) in [6.07, 6.45) is 1.70. The SMILES string of the molecule is O=C1OC(c2ccccc2)=N/C1=C/c1ccccc1OCc1cccc(I)c1. The third kappa shape index (κ3) is 4.31. The number of ether oxygens (including phenoxy) is 2. The number of hydrogen-bond acceptors (Lipinski definition) is 4. The van der Waals surface area contributed by atoms with Gasteiger partial charge in [-0.2, -0.15) is 0 Å². The number of rotatable bonds is 5. The Bertz CT molecular complexity index is 1070. The van der Waals surface area contributed by atoms with E-state index in [-0.39, 0.29) is 5.70 Å². The van der Waals surface area contributed by atoms with Gasteiger partial charge in [-0.3, -0.25) is 0 Å². The molecule has 0 saturated heterocycles. The number of carbonyl (C=O) groups excluding carboxylic acids is 1. The Balaban J connectivity index is 1.58. The number of para-hydroxylation sites is 1. The van der Waals surface area contributed by atoms with Crippen LogP contribution in [0.1, 0.15) is 16.7 Å². The highest BCUT2D eigenvalue weighted by Crippen LogP contribution is 2.25. The molecule has 0 unspecified atom stereocenters. The monoisotopic (exact) mass is 481 g/mol. The highest BCUT2D eigenvalue weighted by Gasteiger charge is 2.24. The first kappa shape index (κ1) is 18.4. The molecule has 0 atom stereocenters. The smallest absolute Gasteiger partial charge is 0.363 e. The summed E-state index contributed by atoms with van der Waals surface area (Å²) in [5, 5.41) is 0. The van der Waals surface area contributed by atoms with Gasteiger partial charge in [0.2, 0.25) is 5.90 Å². The normalized spacial score (nSPS) is 14.7. The molecule has 1 aliphatic rings. The van der Waals surface area contributed by atoms with E-state index < -0.39 is 5.97 Å². The quantitative estimate of drug-likeness (QED) is 0.286. The van der Waals surface area contributed by atoms with E-state index in [9.17, 15) is 4.79 Å². The molecule has 0 spiro atoms. The maximum Gasteiger partial charge on any atom is 0.363 e. The van der Waals surface area contributed by atoms with Crippen LogP contribution in [0.25, 0.3) is 6.08 Å². The van der Waals surface area contributed by atoms with Gasteiger partial charge in [0.15, 0.2) is 5.70 Å². The summed E-state index contributed by atoms with van der Waals surface area (Å²) in [5.41, 5.74) is 2.88. The van der Waals surface area contributed by atoms with Crippen LogP contribution in [0.5, 0.6) is 5.75 Å². The third-order valence-corrected chi connectivity index (χ3v) is 4.81. The number of halogens is 1. The molecule has 28 heavy (non-hydrogen) atoms. The molecule has 138 valence electrons. The summed E-state index contributed by atoms with van der Waals surface area (Å²) >= 11 is 2.28. The molecule has 3 aromatic carbocycles. The first-order chi connectivity index (χ1) is 13.7. The summed E-state index contributed by atoms with van der Waals surface area (Å²) in [6.45, 7) is 0.444. The first-order valence-corrected chi connectivity index (χ1v) is 9.81. The molecule has 0 aliphatic carbocycles. The molecule has 4 nitrogen and oxygen atoms in total. The standard InChI is InChI=1S/C23H16INO3/c24-19-11-6-7-16(13-19)15-27-21-12-5-4-10-18(21)14-20-23(26)28-22(25-20)17-8-2-1-3-9-17/h1-14H,15H2/b20-14+. The minimum absolute atomic E-state index is 0.254. The predicted octanol–water partition coefficient (Wildman–Crippen LogP) is 5.21. The van der Waals surface area contributed by atoms with Gasteiger partial charge >= 0.3 is 5.97 Å². The number of aliphatic imine (C=N–C) groups is 1. The molecular weight excluding hydrogens is 465 g/mol. The molecular formula is C23H16INO3. The van der Waals surface area contributed by atoms with Gasteiger partial charge in [0.05, 0.1) is 0 Å². The minimum Gasteiger partial charge on any atom is -0.488 e. The topological polar surface area (TPSA) is 47.9 Å². The van der Waals surface area contributed by atoms with Crippen molar-refractivity contribution in [3.8, 4) is 5.75 Å². The van der Waals surface area contributed by atoms with Gasteiger partial charge in [0.25, 0.3) is 0 Å². The summed E-state index contributed by atoms with van der Waals surface area (Å²) in [4.78, 5) is 16.6. The largest absolute Gasteiger partial charge is 0.488 e. The van der Waals surface area contributed by atoms with Crippen molar-refractivity contribution < 1.29 is 14.3 Å². The van der Waals surface area contributed by atoms with Crippen molar-refractivity contribution in [3.05, 3.63) is 105 Å². The summed E-state index contributed by atoms with van der Waals surface area (Å²) in [6, 6.07) is 25.1. The lowest BCUT2D eigenvalue weighted by molar-refractivity contribution is -0.129. The van der Waals surface area contributed by atoms with E-state index in [1.54, 1.807) is 6.08 Å². The Morgan fingerprint density at radius 3 is 2.57 bits per heavy atom. The lowest BCUT2D eigenvalue weighted by Gasteiger charge is -2.09. The van der Waals surface area contributed by atoms with Gasteiger partial charge in [-0.15, -0.1) is 0 Å². The van der Waals surface area contributed by atoms with Crippen molar-refractivity contribution in [2.75, 3.05) is 0 Å². The van der Waals surface area contributed by atoms with E-state index >= 15 is 0 Å². The van der Waals surface area contributed by atoms with Gasteiger partial charge < -0.3 is 9.47 Å². The van der Waals surface area contributed by atoms with Crippen molar-refractivity contribution >= 4 is 40.5 Å². The van der Waals surface area contributed by atoms with Gasteiger partial charge in [0, 0.05) is 14.7 Å². The van der Waals surface area contributed by atoms with Gasteiger partial charge in [-0.1, -0.05) is 48.5 Å². The van der Waals surface area contributed by atoms with Crippen molar-refractivity contribution in [1.82, 2.24) is 0 Å². The lowest BCUT2D eigenvalue weighted by Crippen LogP contribution is -2.05. The fourth-order valence-electron chi connectivity index (χ4n) is 2.78. The summed E-state index contributed by atoms with van der Waals surface area (Å²) in [5.74, 6) is 0.533. The number of carbonyl (C=O) groups is 1. The van der Waals surface area contributed by atoms with Crippen molar-refractivity contribution in [3.63, 3.8) is 0 Å². The average Bonchev–Trinajstić information content (AvgIpc) is 3.08. The lowest BCUT2D eigenvalue weighted by atomic mass is 10.1. The van der Waals surface area contributed by atoms with E-state index in [0.29, 0.717) is 18.3 Å². The second-order valence-electron chi connectivity index (χ2n) is 6.16. The Morgan fingerprint density at radius 1 is 0.964 bits per heavy atom. The van der Waals surface area contributed by atoms with Crippen LogP contribution >= 0.6 is 22.6 Å². The molecule has 0 amide bonds. The molecule has 0 bridgehead atoms. The van der Waals surface area contributed by atoms with Crippen LogP contribution in [0.2, 0.25) is 0 Å². The molecule has 3 aromatic rings. The van der Waals surface area contributed by atoms with Crippen LogP contribution in [0.4, 0.5) is 0 Å². The molecule has 5 heteroatoms. The predicted molar refractivity (Wildman–Crippen MR) is 117 cm³/mol. The molecule has 0 aromatic heterocycles. The fraction of sp³-hybridized carbons (Fsp3) is 0.0435. The van der Waals surface area contributed by atoms with Crippen LogP contribution < -0.4 is 4.74 Å². The summed E-state index contributed by atoms with van der Waals surface area (Å²) in [7, 11) is 0. The van der Waals surface area contributed by atoms with Crippen molar-refractivity contribution in [2.45, 2.75) is 6.61 Å². The first-order valence-electron chi connectivity index (χ1n) is 8.73. The van der Waals surface area contributed by atoms with Crippen molar-refractivity contribution in [2.24, 2.45) is 4.99 Å². The highest BCUT2D eigenvalue weighted by atomic mass is 127. The number of hydrogen-bond donors (Lipinski definition) is 0. The molecule has 1 heterocycles. The molecule has 1 aliphatic heterocycles. The maximum atomic E-state index is 12.2. The molecule has 4 rings (SSSR count). The van der Waals surface area contributed by atoms with E-state index in [0.717, 1.165) is 20.3 Å². The van der Waals surface area contributed by atoms with E-state index in [4.69, 9.17) is 9.47 Å². The minimum atomic E-state index is -0.466. The van der Waals surface area contributed by atoms with Crippen LogP contribution in [0.3, 0.4) is 0 Å². The zero-order valence-electron chi connectivity index (χ0n) is 14.8. The van der Waals surface area contributed by atoms with Crippen LogP contribution in [0.15, 0.2) is 89.6 Å². The number of esters is 1. The summed E-state index contributed by atoms with van der Waals surface area (Å²) < 4.78 is 12.5. The Hall–Kier alpha value is -2.93. The molecule has 0 fully saturated rings. The highest BCUT2D eigenvalue weighted by molar-refractivity contribution is 14.1. The third-order valence-electron chi connectivity index (χ3n) is 4.14. The average molecular weight is 481 g/mol. The second kappa shape index (κ2) is 8.39. The van der Waals surface area contributed by atoms with E-state index in [1.807, 2.05) is 72.8 Å². The van der Waals surface area contributed by atoms with E-state index in [2.05, 4.69) is 33.6 Å². The van der Waals surface area contributed by atoms with Crippen LogP contribution in [-0.2, 0) is 16.1 Å². The van der Waals surface area contributed by atoms with Crippen molar-refractivity contribution in [1.29, 1.82) is 0 Å². The number of cyclic esters (lactones) is 1. The van der Waals surface area contributed by atoms with Gasteiger partial charge in [-0.05, 0) is 64.6 Å². The maximum absolute atomic E-state index is 12.2. The van der Waals surface area contributed by atoms with E-state index in [1.165, 1.54) is 0 Å². The zero-order valence-corrected chi connectivity index (χ0v) is 17.0. The van der Waals surface area contributed by atoms with Gasteiger partial charge in [0.1, 0.15) is 12.4 Å². The fourth-order valence-corrected chi connectivity index (χ4v) is 3.39. The van der Waals surface area contributed by atoms with Crippen LogP contribution in [-0.4, -0.2) is 11.9 Å². The molecule has 0 saturated carbocycles. The second-order valence-corrected chi connectivity index (χ2v) is 7.40. The number of nitrogens with zero attached hydrogens (tertiary/aromatic N) is 1. The Kier molecular flexibility index (Phi) is 5.53. The Labute approximate surface area is 176 Å².